The number of likely N-dealkylation sites (tertiary alicyclic amines) is 1. The molecule has 0 amide bonds. The molecular formula is C12H17N2. The van der Waals surface area contributed by atoms with E-state index in [-0.39, 0.29) is 0 Å². The van der Waals surface area contributed by atoms with Gasteiger partial charge in [-0.15, -0.1) is 0 Å². The molecule has 0 aliphatic carbocycles. The van der Waals surface area contributed by atoms with E-state index in [4.69, 9.17) is 5.73 Å². The molecule has 0 spiro atoms. The first-order valence-electron chi connectivity index (χ1n) is 5.37. The van der Waals surface area contributed by atoms with Gasteiger partial charge in [0, 0.05) is 6.54 Å². The second-order valence-electron chi connectivity index (χ2n) is 4.03. The third-order valence-corrected chi connectivity index (χ3v) is 2.81. The lowest BCUT2D eigenvalue weighted by molar-refractivity contribution is 0.221. The maximum absolute atomic E-state index is 7.40. The van der Waals surface area contributed by atoms with Crippen LogP contribution in [0, 0.1) is 0 Å². The van der Waals surface area contributed by atoms with Crippen molar-refractivity contribution in [1.29, 1.82) is 0 Å². The van der Waals surface area contributed by atoms with Gasteiger partial charge in [-0.2, -0.15) is 0 Å². The van der Waals surface area contributed by atoms with Gasteiger partial charge < -0.3 is 5.73 Å². The lowest BCUT2D eigenvalue weighted by atomic mass is 10.1. The molecule has 2 rings (SSSR count). The second kappa shape index (κ2) is 4.47. The molecule has 0 bridgehead atoms. The number of rotatable bonds is 2. The third kappa shape index (κ3) is 2.48. The Labute approximate surface area is 85.7 Å². The predicted octanol–water partition coefficient (Wildman–Crippen LogP) is 2.59. The van der Waals surface area contributed by atoms with E-state index in [1.54, 1.807) is 0 Å². The number of nitrogens with one attached hydrogen (secondary N) is 1. The highest BCUT2D eigenvalue weighted by Gasteiger charge is 2.09. The molecule has 1 fully saturated rings. The molecule has 1 heterocycles. The van der Waals surface area contributed by atoms with Gasteiger partial charge in [-0.25, -0.2) is 0 Å². The molecule has 75 valence electrons. The van der Waals surface area contributed by atoms with Crippen molar-refractivity contribution in [2.45, 2.75) is 25.8 Å². The van der Waals surface area contributed by atoms with Gasteiger partial charge in [-0.1, -0.05) is 18.6 Å². The molecule has 1 aromatic carbocycles. The van der Waals surface area contributed by atoms with E-state index in [0.717, 1.165) is 6.54 Å². The van der Waals surface area contributed by atoms with Crippen LogP contribution in [0.4, 0.5) is 5.69 Å². The minimum absolute atomic E-state index is 0.604. The van der Waals surface area contributed by atoms with Crippen LogP contribution >= 0.6 is 0 Å². The maximum atomic E-state index is 7.40. The van der Waals surface area contributed by atoms with Crippen molar-refractivity contribution in [1.82, 2.24) is 10.6 Å². The monoisotopic (exact) mass is 189 g/mol. The summed E-state index contributed by atoms with van der Waals surface area (Å²) in [4.78, 5) is 2.50. The zero-order valence-corrected chi connectivity index (χ0v) is 8.50. The van der Waals surface area contributed by atoms with E-state index >= 15 is 0 Å². The topological polar surface area (TPSA) is 27.0 Å². The van der Waals surface area contributed by atoms with Gasteiger partial charge in [0.1, 0.15) is 0 Å². The molecule has 0 aromatic heterocycles. The number of nitrogens with zero attached hydrogens (tertiary/aromatic N) is 1. The molecule has 0 atom stereocenters. The van der Waals surface area contributed by atoms with Crippen LogP contribution in [-0.2, 0) is 6.54 Å². The summed E-state index contributed by atoms with van der Waals surface area (Å²) in [5.41, 5.74) is 9.34. The van der Waals surface area contributed by atoms with Gasteiger partial charge in [-0.3, -0.25) is 4.90 Å². The Bertz CT molecular complexity index is 273. The van der Waals surface area contributed by atoms with Gasteiger partial charge in [0.25, 0.3) is 0 Å². The lowest BCUT2D eigenvalue weighted by Crippen LogP contribution is -2.28. The Balaban J connectivity index is 1.92. The molecule has 2 heteroatoms. The Hall–Kier alpha value is -1.02. The SMILES string of the molecule is [NH]c1ccc(CN2CCCCC2)cc1. The lowest BCUT2D eigenvalue weighted by Gasteiger charge is -2.26. The Morgan fingerprint density at radius 2 is 1.64 bits per heavy atom. The smallest absolute Gasteiger partial charge is 0.0540 e. The second-order valence-corrected chi connectivity index (χ2v) is 4.03. The predicted molar refractivity (Wildman–Crippen MR) is 58.3 cm³/mol. The summed E-state index contributed by atoms with van der Waals surface area (Å²) < 4.78 is 0. The van der Waals surface area contributed by atoms with E-state index in [0.29, 0.717) is 5.69 Å². The molecular weight excluding hydrogens is 172 g/mol. The van der Waals surface area contributed by atoms with Crippen molar-refractivity contribution in [3.05, 3.63) is 29.8 Å². The zero-order valence-electron chi connectivity index (χ0n) is 8.50. The fraction of sp³-hybridized carbons (Fsp3) is 0.500. The van der Waals surface area contributed by atoms with Crippen LogP contribution in [0.1, 0.15) is 24.8 Å². The van der Waals surface area contributed by atoms with Crippen molar-refractivity contribution in [2.24, 2.45) is 0 Å². The molecule has 1 radical (unpaired) electrons. The van der Waals surface area contributed by atoms with Crippen LogP contribution in [-0.4, -0.2) is 18.0 Å². The van der Waals surface area contributed by atoms with Crippen molar-refractivity contribution in [3.63, 3.8) is 0 Å². The van der Waals surface area contributed by atoms with Crippen molar-refractivity contribution < 1.29 is 0 Å². The molecule has 14 heavy (non-hydrogen) atoms. The summed E-state index contributed by atoms with van der Waals surface area (Å²) in [5.74, 6) is 0. The largest absolute Gasteiger partial charge is 0.301 e. The summed E-state index contributed by atoms with van der Waals surface area (Å²) >= 11 is 0. The Morgan fingerprint density at radius 3 is 2.29 bits per heavy atom. The standard InChI is InChI=1S/C12H17N2/c13-12-6-4-11(5-7-12)10-14-8-2-1-3-9-14/h4-7,13H,1-3,8-10H2. The summed E-state index contributed by atoms with van der Waals surface area (Å²) in [6.07, 6.45) is 4.08. The minimum atomic E-state index is 0.604. The maximum Gasteiger partial charge on any atom is 0.0540 e. The Morgan fingerprint density at radius 1 is 1.00 bits per heavy atom. The van der Waals surface area contributed by atoms with E-state index in [1.165, 1.54) is 37.9 Å². The highest BCUT2D eigenvalue weighted by Crippen LogP contribution is 2.14. The quantitative estimate of drug-likeness (QED) is 0.702. The molecule has 1 saturated heterocycles. The van der Waals surface area contributed by atoms with Crippen molar-refractivity contribution >= 4 is 5.69 Å². The van der Waals surface area contributed by atoms with Crippen molar-refractivity contribution in [2.75, 3.05) is 13.1 Å². The average molecular weight is 189 g/mol. The van der Waals surface area contributed by atoms with E-state index in [9.17, 15) is 0 Å². The highest BCUT2D eigenvalue weighted by molar-refractivity contribution is 5.35. The molecule has 0 unspecified atom stereocenters. The van der Waals surface area contributed by atoms with E-state index < -0.39 is 0 Å². The van der Waals surface area contributed by atoms with Gasteiger partial charge >= 0.3 is 0 Å². The summed E-state index contributed by atoms with van der Waals surface area (Å²) in [6, 6.07) is 7.88. The molecule has 1 aromatic rings. The van der Waals surface area contributed by atoms with Crippen LogP contribution in [0.5, 0.6) is 0 Å². The first kappa shape index (κ1) is 9.53. The minimum Gasteiger partial charge on any atom is -0.301 e. The van der Waals surface area contributed by atoms with E-state index in [1.807, 2.05) is 12.1 Å². The number of hydrogen-bond donors (Lipinski definition) is 0. The van der Waals surface area contributed by atoms with Crippen LogP contribution in [0.25, 0.3) is 0 Å². The fourth-order valence-corrected chi connectivity index (χ4v) is 1.99. The van der Waals surface area contributed by atoms with Gasteiger partial charge in [0.05, 0.1) is 5.69 Å². The first-order valence-corrected chi connectivity index (χ1v) is 5.37. The summed E-state index contributed by atoms with van der Waals surface area (Å²) in [5, 5.41) is 0. The van der Waals surface area contributed by atoms with Gasteiger partial charge in [0.2, 0.25) is 0 Å². The third-order valence-electron chi connectivity index (χ3n) is 2.81. The molecule has 1 aliphatic rings. The number of piperidine rings is 1. The number of benzene rings is 1. The summed E-state index contributed by atoms with van der Waals surface area (Å²) in [6.45, 7) is 3.53. The normalized spacial score (nSPS) is 18.3. The molecule has 0 saturated carbocycles. The molecule has 2 nitrogen and oxygen atoms in total. The van der Waals surface area contributed by atoms with Gasteiger partial charge in [-0.05, 0) is 43.6 Å². The highest BCUT2D eigenvalue weighted by atomic mass is 15.1. The summed E-state index contributed by atoms with van der Waals surface area (Å²) in [7, 11) is 0. The Kier molecular flexibility index (Phi) is 3.04. The van der Waals surface area contributed by atoms with Crippen LogP contribution < -0.4 is 5.73 Å². The van der Waals surface area contributed by atoms with Crippen LogP contribution in [0.3, 0.4) is 0 Å². The molecule has 1 aliphatic heterocycles. The first-order chi connectivity index (χ1) is 6.84. The van der Waals surface area contributed by atoms with Crippen LogP contribution in [0.15, 0.2) is 24.3 Å². The van der Waals surface area contributed by atoms with E-state index in [2.05, 4.69) is 17.0 Å². The fourth-order valence-electron chi connectivity index (χ4n) is 1.99. The van der Waals surface area contributed by atoms with Gasteiger partial charge in [0.15, 0.2) is 0 Å². The zero-order chi connectivity index (χ0) is 9.80. The van der Waals surface area contributed by atoms with Crippen LogP contribution in [0.2, 0.25) is 0 Å². The average Bonchev–Trinajstić information content (AvgIpc) is 2.23. The number of hydrogen-bond acceptors (Lipinski definition) is 1. The molecule has 1 N–H and O–H groups in total. The van der Waals surface area contributed by atoms with Crippen molar-refractivity contribution in [3.8, 4) is 0 Å².